The molecule has 3 unspecified atom stereocenters. The Morgan fingerprint density at radius 2 is 1.81 bits per heavy atom. The summed E-state index contributed by atoms with van der Waals surface area (Å²) in [7, 11) is 0. The molecule has 1 aliphatic carbocycles. The van der Waals surface area contributed by atoms with Crippen molar-refractivity contribution >= 4 is 0 Å². The lowest BCUT2D eigenvalue weighted by molar-refractivity contribution is -0.0829. The molecule has 2 rings (SSSR count). The van der Waals surface area contributed by atoms with E-state index in [0.29, 0.717) is 19.1 Å². The van der Waals surface area contributed by atoms with Crippen LogP contribution in [0.5, 0.6) is 0 Å². The average Bonchev–Trinajstić information content (AvgIpc) is 2.88. The number of rotatable bonds is 12. The minimum absolute atomic E-state index is 0.0435. The van der Waals surface area contributed by atoms with Crippen molar-refractivity contribution in [2.45, 2.75) is 71.7 Å². The summed E-state index contributed by atoms with van der Waals surface area (Å²) >= 11 is 0. The molecule has 3 heteroatoms. The number of hydrogen-bond donors (Lipinski definition) is 0. The van der Waals surface area contributed by atoms with E-state index in [0.717, 1.165) is 12.2 Å². The zero-order valence-electron chi connectivity index (χ0n) is 20.1. The molecule has 0 radical (unpaired) electrons. The van der Waals surface area contributed by atoms with E-state index in [2.05, 4.69) is 88.9 Å². The Morgan fingerprint density at radius 1 is 1.10 bits per heavy atom. The number of benzene rings is 1. The van der Waals surface area contributed by atoms with Crippen molar-refractivity contribution in [3.63, 3.8) is 0 Å². The zero-order chi connectivity index (χ0) is 22.9. The molecule has 0 heterocycles. The minimum atomic E-state index is -0.408. The van der Waals surface area contributed by atoms with Gasteiger partial charge in [0, 0.05) is 11.8 Å². The lowest BCUT2D eigenvalue weighted by Gasteiger charge is -2.34. The highest BCUT2D eigenvalue weighted by molar-refractivity contribution is 5.34. The Kier molecular flexibility index (Phi) is 9.33. The van der Waals surface area contributed by atoms with E-state index in [-0.39, 0.29) is 17.6 Å². The maximum absolute atomic E-state index is 6.54. The standard InChI is InChI=1S/C28H40O3/c1-8-18-29-21-26(30-22(2)3)19-27(5,6)31-25-16-12-13-17-28(7,20-25)23(4)24-14-10-9-11-15-24/h8-17,20,22-23,26H,1,18-19,21H2,2-7H3. The normalized spacial score (nSPS) is 20.8. The molecule has 0 saturated heterocycles. The fourth-order valence-electron chi connectivity index (χ4n) is 3.97. The van der Waals surface area contributed by atoms with Crippen LogP contribution < -0.4 is 0 Å². The zero-order valence-corrected chi connectivity index (χ0v) is 20.1. The Hall–Kier alpha value is -2.10. The Labute approximate surface area is 189 Å². The number of allylic oxidation sites excluding steroid dienone is 5. The van der Waals surface area contributed by atoms with Crippen molar-refractivity contribution < 1.29 is 14.2 Å². The summed E-state index contributed by atoms with van der Waals surface area (Å²) in [5.74, 6) is 1.20. The summed E-state index contributed by atoms with van der Waals surface area (Å²) in [6, 6.07) is 10.6. The second-order valence-corrected chi connectivity index (χ2v) is 9.46. The molecular weight excluding hydrogens is 384 g/mol. The molecular formula is C28H40O3. The van der Waals surface area contributed by atoms with Gasteiger partial charge in [0.05, 0.1) is 25.4 Å². The van der Waals surface area contributed by atoms with Crippen LogP contribution in [-0.4, -0.2) is 31.0 Å². The molecule has 0 bridgehead atoms. The minimum Gasteiger partial charge on any atom is -0.488 e. The highest BCUT2D eigenvalue weighted by atomic mass is 16.5. The molecule has 0 fully saturated rings. The molecule has 1 aromatic carbocycles. The lowest BCUT2D eigenvalue weighted by atomic mass is 9.74. The summed E-state index contributed by atoms with van der Waals surface area (Å²) < 4.78 is 18.3. The van der Waals surface area contributed by atoms with Gasteiger partial charge < -0.3 is 14.2 Å². The summed E-state index contributed by atoms with van der Waals surface area (Å²) in [6.07, 6.45) is 13.3. The monoisotopic (exact) mass is 424 g/mol. The highest BCUT2D eigenvalue weighted by Crippen LogP contribution is 2.41. The third kappa shape index (κ3) is 8.16. The van der Waals surface area contributed by atoms with E-state index in [1.165, 1.54) is 5.56 Å². The largest absolute Gasteiger partial charge is 0.488 e. The smallest absolute Gasteiger partial charge is 0.117 e. The first-order chi connectivity index (χ1) is 14.6. The highest BCUT2D eigenvalue weighted by Gasteiger charge is 2.31. The van der Waals surface area contributed by atoms with E-state index >= 15 is 0 Å². The average molecular weight is 425 g/mol. The summed E-state index contributed by atoms with van der Waals surface area (Å²) in [4.78, 5) is 0. The Balaban J connectivity index is 2.16. The van der Waals surface area contributed by atoms with Gasteiger partial charge in [-0.1, -0.05) is 68.5 Å². The van der Waals surface area contributed by atoms with Crippen LogP contribution in [0.15, 0.2) is 79.1 Å². The molecule has 1 aliphatic rings. The Bertz CT molecular complexity index is 773. The molecule has 31 heavy (non-hydrogen) atoms. The molecule has 0 amide bonds. The van der Waals surface area contributed by atoms with E-state index in [1.807, 2.05) is 19.9 Å². The Morgan fingerprint density at radius 3 is 2.45 bits per heavy atom. The molecule has 0 spiro atoms. The molecule has 1 aromatic rings. The molecule has 3 atom stereocenters. The first kappa shape index (κ1) is 25.2. The third-order valence-electron chi connectivity index (χ3n) is 5.63. The van der Waals surface area contributed by atoms with Crippen molar-refractivity contribution in [1.29, 1.82) is 0 Å². The maximum atomic E-state index is 6.54. The van der Waals surface area contributed by atoms with E-state index in [4.69, 9.17) is 14.2 Å². The third-order valence-corrected chi connectivity index (χ3v) is 5.63. The maximum Gasteiger partial charge on any atom is 0.117 e. The van der Waals surface area contributed by atoms with Crippen molar-refractivity contribution in [2.75, 3.05) is 13.2 Å². The molecule has 3 nitrogen and oxygen atoms in total. The molecule has 0 aliphatic heterocycles. The number of hydrogen-bond acceptors (Lipinski definition) is 3. The van der Waals surface area contributed by atoms with Gasteiger partial charge in [0.25, 0.3) is 0 Å². The van der Waals surface area contributed by atoms with Crippen molar-refractivity contribution in [2.24, 2.45) is 5.41 Å². The van der Waals surface area contributed by atoms with Crippen LogP contribution in [0.25, 0.3) is 0 Å². The van der Waals surface area contributed by atoms with Crippen LogP contribution >= 0.6 is 0 Å². The summed E-state index contributed by atoms with van der Waals surface area (Å²) in [6.45, 7) is 17.6. The van der Waals surface area contributed by atoms with Crippen LogP contribution in [0.2, 0.25) is 0 Å². The second-order valence-electron chi connectivity index (χ2n) is 9.46. The van der Waals surface area contributed by atoms with E-state index < -0.39 is 5.60 Å². The van der Waals surface area contributed by atoms with Gasteiger partial charge in [-0.2, -0.15) is 0 Å². The second kappa shape index (κ2) is 11.5. The first-order valence-corrected chi connectivity index (χ1v) is 11.3. The fraction of sp³-hybridized carbons (Fsp3) is 0.500. The number of ether oxygens (including phenoxy) is 3. The van der Waals surface area contributed by atoms with Gasteiger partial charge in [-0.25, -0.2) is 0 Å². The fourth-order valence-corrected chi connectivity index (χ4v) is 3.97. The SMILES string of the molecule is C=CCOCC(CC(C)(C)OC1=CC(C)(C(C)c2ccccc2)C=CC=C1)OC(C)C. The van der Waals surface area contributed by atoms with Gasteiger partial charge in [0.1, 0.15) is 11.4 Å². The van der Waals surface area contributed by atoms with Gasteiger partial charge in [-0.15, -0.1) is 6.58 Å². The molecule has 0 N–H and O–H groups in total. The first-order valence-electron chi connectivity index (χ1n) is 11.3. The van der Waals surface area contributed by atoms with Gasteiger partial charge in [0.15, 0.2) is 0 Å². The van der Waals surface area contributed by atoms with Gasteiger partial charge in [0.2, 0.25) is 0 Å². The van der Waals surface area contributed by atoms with E-state index in [9.17, 15) is 0 Å². The van der Waals surface area contributed by atoms with Gasteiger partial charge in [-0.3, -0.25) is 0 Å². The van der Waals surface area contributed by atoms with Crippen LogP contribution in [0.1, 0.15) is 59.4 Å². The summed E-state index contributed by atoms with van der Waals surface area (Å²) in [5, 5.41) is 0. The predicted molar refractivity (Wildman–Crippen MR) is 130 cm³/mol. The molecule has 170 valence electrons. The van der Waals surface area contributed by atoms with Crippen LogP contribution in [0.3, 0.4) is 0 Å². The quantitative estimate of drug-likeness (QED) is 0.267. The molecule has 0 saturated carbocycles. The predicted octanol–water partition coefficient (Wildman–Crippen LogP) is 6.99. The van der Waals surface area contributed by atoms with E-state index in [1.54, 1.807) is 6.08 Å². The van der Waals surface area contributed by atoms with Crippen molar-refractivity contribution in [3.8, 4) is 0 Å². The van der Waals surface area contributed by atoms with Gasteiger partial charge in [-0.05, 0) is 51.3 Å². The van der Waals surface area contributed by atoms with Gasteiger partial charge >= 0.3 is 0 Å². The van der Waals surface area contributed by atoms with Crippen molar-refractivity contribution in [3.05, 3.63) is 84.7 Å². The molecule has 0 aromatic heterocycles. The van der Waals surface area contributed by atoms with Crippen LogP contribution in [-0.2, 0) is 14.2 Å². The topological polar surface area (TPSA) is 27.7 Å². The van der Waals surface area contributed by atoms with Crippen LogP contribution in [0.4, 0.5) is 0 Å². The van der Waals surface area contributed by atoms with Crippen molar-refractivity contribution in [1.82, 2.24) is 0 Å². The summed E-state index contributed by atoms with van der Waals surface area (Å²) in [5.41, 5.74) is 0.752. The van der Waals surface area contributed by atoms with Crippen LogP contribution in [0, 0.1) is 5.41 Å². The lowest BCUT2D eigenvalue weighted by Crippen LogP contribution is -2.35.